The number of ether oxygens (including phenoxy) is 2. The van der Waals surface area contributed by atoms with Crippen molar-refractivity contribution in [2.75, 3.05) is 18.1 Å². The van der Waals surface area contributed by atoms with Gasteiger partial charge in [0.1, 0.15) is 0 Å². The van der Waals surface area contributed by atoms with Gasteiger partial charge in [-0.1, -0.05) is 18.9 Å². The van der Waals surface area contributed by atoms with Crippen molar-refractivity contribution in [1.82, 2.24) is 4.90 Å². The SMILES string of the molecule is O=C(c1cccc(S(=O)(=O)Nc2ccc3c(c2)OCO3)c1)N1CCCC2CCCCC21. The number of hydrogen-bond donors (Lipinski definition) is 1. The van der Waals surface area contributed by atoms with E-state index in [9.17, 15) is 13.2 Å². The van der Waals surface area contributed by atoms with Crippen LogP contribution in [0, 0.1) is 5.92 Å². The van der Waals surface area contributed by atoms with E-state index in [2.05, 4.69) is 4.72 Å². The molecule has 5 rings (SSSR count). The van der Waals surface area contributed by atoms with Crippen molar-refractivity contribution < 1.29 is 22.7 Å². The Morgan fingerprint density at radius 1 is 0.968 bits per heavy atom. The summed E-state index contributed by atoms with van der Waals surface area (Å²) in [7, 11) is -3.86. The number of likely N-dealkylation sites (tertiary alicyclic amines) is 1. The molecule has 2 aromatic rings. The van der Waals surface area contributed by atoms with Crippen LogP contribution in [0.3, 0.4) is 0 Å². The fourth-order valence-electron chi connectivity index (χ4n) is 5.01. The quantitative estimate of drug-likeness (QED) is 0.773. The van der Waals surface area contributed by atoms with Gasteiger partial charge >= 0.3 is 0 Å². The summed E-state index contributed by atoms with van der Waals surface area (Å²) in [5.74, 6) is 1.58. The summed E-state index contributed by atoms with van der Waals surface area (Å²) >= 11 is 0. The minimum absolute atomic E-state index is 0.0632. The first-order valence-corrected chi connectivity index (χ1v) is 12.3. The van der Waals surface area contributed by atoms with Crippen LogP contribution in [-0.2, 0) is 10.0 Å². The minimum atomic E-state index is -3.86. The molecule has 1 saturated carbocycles. The number of carbonyl (C=O) groups excluding carboxylic acids is 1. The average molecular weight is 443 g/mol. The lowest BCUT2D eigenvalue weighted by Gasteiger charge is -2.44. The molecule has 1 N–H and O–H groups in total. The van der Waals surface area contributed by atoms with Gasteiger partial charge in [-0.2, -0.15) is 0 Å². The number of anilines is 1. The van der Waals surface area contributed by atoms with Gasteiger partial charge in [-0.25, -0.2) is 8.42 Å². The molecule has 1 saturated heterocycles. The van der Waals surface area contributed by atoms with Gasteiger partial charge in [0.2, 0.25) is 6.79 Å². The Morgan fingerprint density at radius 2 is 1.77 bits per heavy atom. The summed E-state index contributed by atoms with van der Waals surface area (Å²) in [5.41, 5.74) is 0.793. The summed E-state index contributed by atoms with van der Waals surface area (Å²) in [6.07, 6.45) is 6.81. The van der Waals surface area contributed by atoms with Crippen molar-refractivity contribution in [3.63, 3.8) is 0 Å². The highest BCUT2D eigenvalue weighted by Crippen LogP contribution is 2.37. The van der Waals surface area contributed by atoms with E-state index in [0.717, 1.165) is 25.8 Å². The van der Waals surface area contributed by atoms with E-state index < -0.39 is 10.0 Å². The van der Waals surface area contributed by atoms with Crippen LogP contribution in [0.15, 0.2) is 47.4 Å². The van der Waals surface area contributed by atoms with Crippen molar-refractivity contribution in [2.45, 2.75) is 49.5 Å². The third kappa shape index (κ3) is 3.96. The maximum Gasteiger partial charge on any atom is 0.261 e. The summed E-state index contributed by atoms with van der Waals surface area (Å²) in [4.78, 5) is 15.3. The smallest absolute Gasteiger partial charge is 0.261 e. The Kier molecular flexibility index (Phi) is 5.25. The summed E-state index contributed by atoms with van der Waals surface area (Å²) in [5, 5.41) is 0. The van der Waals surface area contributed by atoms with E-state index in [1.54, 1.807) is 30.3 Å². The lowest BCUT2D eigenvalue weighted by atomic mass is 9.78. The van der Waals surface area contributed by atoms with Crippen LogP contribution in [0.25, 0.3) is 0 Å². The number of fused-ring (bicyclic) bond motifs is 2. The molecule has 2 fully saturated rings. The van der Waals surface area contributed by atoms with Crippen molar-refractivity contribution in [3.8, 4) is 11.5 Å². The zero-order valence-electron chi connectivity index (χ0n) is 17.2. The molecular formula is C23H26N2O5S. The lowest BCUT2D eigenvalue weighted by Crippen LogP contribution is -2.49. The molecule has 0 bridgehead atoms. The fourth-order valence-corrected chi connectivity index (χ4v) is 6.11. The van der Waals surface area contributed by atoms with Crippen molar-refractivity contribution in [1.29, 1.82) is 0 Å². The van der Waals surface area contributed by atoms with Gasteiger partial charge in [-0.05, 0) is 61.9 Å². The highest BCUT2D eigenvalue weighted by atomic mass is 32.2. The summed E-state index contributed by atoms with van der Waals surface area (Å²) in [6, 6.07) is 11.5. The maximum absolute atomic E-state index is 13.3. The molecule has 2 unspecified atom stereocenters. The molecule has 8 heteroatoms. The van der Waals surface area contributed by atoms with Gasteiger partial charge < -0.3 is 14.4 Å². The molecule has 164 valence electrons. The van der Waals surface area contributed by atoms with Gasteiger partial charge in [-0.3, -0.25) is 9.52 Å². The number of hydrogen-bond acceptors (Lipinski definition) is 5. The lowest BCUT2D eigenvalue weighted by molar-refractivity contribution is 0.0390. The molecule has 2 aliphatic heterocycles. The van der Waals surface area contributed by atoms with Crippen molar-refractivity contribution in [3.05, 3.63) is 48.0 Å². The van der Waals surface area contributed by atoms with Crippen LogP contribution >= 0.6 is 0 Å². The van der Waals surface area contributed by atoms with Crippen LogP contribution in [0.4, 0.5) is 5.69 Å². The molecule has 7 nitrogen and oxygen atoms in total. The topological polar surface area (TPSA) is 84.9 Å². The Balaban J connectivity index is 1.37. The number of nitrogens with zero attached hydrogens (tertiary/aromatic N) is 1. The van der Waals surface area contributed by atoms with Gasteiger partial charge in [0, 0.05) is 24.2 Å². The van der Waals surface area contributed by atoms with E-state index in [1.165, 1.54) is 31.4 Å². The molecule has 2 heterocycles. The molecule has 3 aliphatic rings. The highest BCUT2D eigenvalue weighted by Gasteiger charge is 2.36. The van der Waals surface area contributed by atoms with Crippen LogP contribution in [0.2, 0.25) is 0 Å². The maximum atomic E-state index is 13.3. The van der Waals surface area contributed by atoms with Crippen LogP contribution in [-0.4, -0.2) is 38.6 Å². The number of piperidine rings is 1. The average Bonchev–Trinajstić information content (AvgIpc) is 3.26. The monoisotopic (exact) mass is 442 g/mol. The number of amides is 1. The first-order valence-electron chi connectivity index (χ1n) is 10.8. The number of nitrogens with one attached hydrogen (secondary N) is 1. The third-order valence-electron chi connectivity index (χ3n) is 6.52. The van der Waals surface area contributed by atoms with Gasteiger partial charge in [0.15, 0.2) is 11.5 Å². The molecule has 0 aromatic heterocycles. The molecule has 2 atom stereocenters. The van der Waals surface area contributed by atoms with Gasteiger partial charge in [-0.15, -0.1) is 0 Å². The number of carbonyl (C=O) groups is 1. The molecule has 1 aliphatic carbocycles. The van der Waals surface area contributed by atoms with E-state index in [-0.39, 0.29) is 23.6 Å². The highest BCUT2D eigenvalue weighted by molar-refractivity contribution is 7.92. The van der Waals surface area contributed by atoms with Crippen LogP contribution < -0.4 is 14.2 Å². The molecule has 0 radical (unpaired) electrons. The van der Waals surface area contributed by atoms with Gasteiger partial charge in [0.25, 0.3) is 15.9 Å². The normalized spacial score (nSPS) is 22.6. The fraction of sp³-hybridized carbons (Fsp3) is 0.435. The van der Waals surface area contributed by atoms with Crippen LogP contribution in [0.1, 0.15) is 48.9 Å². The van der Waals surface area contributed by atoms with E-state index in [1.807, 2.05) is 4.90 Å². The predicted molar refractivity (Wildman–Crippen MR) is 116 cm³/mol. The number of sulfonamides is 1. The summed E-state index contributed by atoms with van der Waals surface area (Å²) in [6.45, 7) is 0.862. The Bertz CT molecular complexity index is 1100. The first-order chi connectivity index (χ1) is 15.0. The van der Waals surface area contributed by atoms with E-state index in [0.29, 0.717) is 28.7 Å². The van der Waals surface area contributed by atoms with E-state index >= 15 is 0 Å². The molecule has 31 heavy (non-hydrogen) atoms. The minimum Gasteiger partial charge on any atom is -0.454 e. The second kappa shape index (κ2) is 8.07. The van der Waals surface area contributed by atoms with Crippen molar-refractivity contribution in [2.24, 2.45) is 5.92 Å². The number of benzene rings is 2. The molecule has 2 aromatic carbocycles. The second-order valence-electron chi connectivity index (χ2n) is 8.45. The zero-order valence-corrected chi connectivity index (χ0v) is 18.1. The third-order valence-corrected chi connectivity index (χ3v) is 7.90. The predicted octanol–water partition coefficient (Wildman–Crippen LogP) is 4.01. The van der Waals surface area contributed by atoms with E-state index in [4.69, 9.17) is 9.47 Å². The van der Waals surface area contributed by atoms with Gasteiger partial charge in [0.05, 0.1) is 10.6 Å². The second-order valence-corrected chi connectivity index (χ2v) is 10.1. The zero-order chi connectivity index (χ0) is 21.4. The molecule has 0 spiro atoms. The molecular weight excluding hydrogens is 416 g/mol. The molecule has 1 amide bonds. The van der Waals surface area contributed by atoms with Crippen molar-refractivity contribution >= 4 is 21.6 Å². The Hall–Kier alpha value is -2.74. The Morgan fingerprint density at radius 3 is 2.68 bits per heavy atom. The number of rotatable bonds is 4. The Labute approximate surface area is 182 Å². The standard InChI is InChI=1S/C23H26N2O5S/c26-23(25-12-4-7-16-5-1-2-9-20(16)25)17-6-3-8-19(13-17)31(27,28)24-18-10-11-21-22(14-18)30-15-29-21/h3,6,8,10-11,13-14,16,20,24H,1-2,4-5,7,9,12,15H2. The largest absolute Gasteiger partial charge is 0.454 e. The van der Waals surface area contributed by atoms with Crippen LogP contribution in [0.5, 0.6) is 11.5 Å². The first kappa shape index (κ1) is 20.2. The summed E-state index contributed by atoms with van der Waals surface area (Å²) < 4.78 is 39.1.